The summed E-state index contributed by atoms with van der Waals surface area (Å²) in [6, 6.07) is 12.5. The standard InChI is InChI=1S/C18H11F2NO2S/c19-13-8-6-11(10-14(13)20)7-9-15-21-16(17(24-15)18(22)23)12-4-2-1-3-5-12/h1-10H,(H,22,23). The Morgan fingerprint density at radius 3 is 2.46 bits per heavy atom. The number of halogens is 2. The van der Waals surface area contributed by atoms with Crippen LogP contribution < -0.4 is 0 Å². The molecule has 0 amide bonds. The Balaban J connectivity index is 1.96. The van der Waals surface area contributed by atoms with Crippen molar-refractivity contribution in [1.82, 2.24) is 4.98 Å². The van der Waals surface area contributed by atoms with Crippen LogP contribution in [0.25, 0.3) is 23.4 Å². The molecule has 2 aromatic carbocycles. The number of rotatable bonds is 4. The number of carbonyl (C=O) groups is 1. The van der Waals surface area contributed by atoms with Crippen molar-refractivity contribution in [3.63, 3.8) is 0 Å². The first-order valence-corrected chi connectivity index (χ1v) is 7.79. The Hall–Kier alpha value is -2.86. The van der Waals surface area contributed by atoms with Crippen molar-refractivity contribution in [1.29, 1.82) is 0 Å². The molecule has 1 aromatic heterocycles. The van der Waals surface area contributed by atoms with Crippen molar-refractivity contribution < 1.29 is 18.7 Å². The fraction of sp³-hybridized carbons (Fsp3) is 0. The lowest BCUT2D eigenvalue weighted by Crippen LogP contribution is -1.95. The number of carboxylic acid groups (broad SMARTS) is 1. The summed E-state index contributed by atoms with van der Waals surface area (Å²) in [6.07, 6.45) is 3.14. The van der Waals surface area contributed by atoms with Gasteiger partial charge in [0.2, 0.25) is 0 Å². The highest BCUT2D eigenvalue weighted by Crippen LogP contribution is 2.29. The zero-order chi connectivity index (χ0) is 17.1. The van der Waals surface area contributed by atoms with E-state index in [0.29, 0.717) is 21.8 Å². The van der Waals surface area contributed by atoms with Gasteiger partial charge in [-0.25, -0.2) is 18.6 Å². The van der Waals surface area contributed by atoms with Gasteiger partial charge in [-0.05, 0) is 23.8 Å². The molecule has 0 saturated carbocycles. The maximum Gasteiger partial charge on any atom is 0.348 e. The normalized spacial score (nSPS) is 11.1. The Bertz CT molecular complexity index is 920. The average Bonchev–Trinajstić information content (AvgIpc) is 3.01. The molecule has 3 aromatic rings. The molecule has 0 aliphatic heterocycles. The molecule has 0 atom stereocenters. The number of thiazole rings is 1. The van der Waals surface area contributed by atoms with Gasteiger partial charge in [-0.3, -0.25) is 0 Å². The fourth-order valence-corrected chi connectivity index (χ4v) is 2.96. The van der Waals surface area contributed by atoms with E-state index in [1.165, 1.54) is 6.07 Å². The highest BCUT2D eigenvalue weighted by atomic mass is 32.1. The molecular weight excluding hydrogens is 332 g/mol. The monoisotopic (exact) mass is 343 g/mol. The topological polar surface area (TPSA) is 50.2 Å². The number of hydrogen-bond donors (Lipinski definition) is 1. The van der Waals surface area contributed by atoms with Crippen molar-refractivity contribution >= 4 is 29.5 Å². The van der Waals surface area contributed by atoms with Gasteiger partial charge in [-0.15, -0.1) is 11.3 Å². The molecule has 0 aliphatic carbocycles. The van der Waals surface area contributed by atoms with Crippen LogP contribution in [-0.4, -0.2) is 16.1 Å². The first-order chi connectivity index (χ1) is 11.5. The Labute approximate surface area is 140 Å². The van der Waals surface area contributed by atoms with Gasteiger partial charge in [0, 0.05) is 5.56 Å². The predicted octanol–water partition coefficient (Wildman–Crippen LogP) is 4.96. The van der Waals surface area contributed by atoms with E-state index in [-0.39, 0.29) is 4.88 Å². The van der Waals surface area contributed by atoms with Gasteiger partial charge in [0.15, 0.2) is 11.6 Å². The molecule has 0 saturated heterocycles. The summed E-state index contributed by atoms with van der Waals surface area (Å²) in [5.41, 5.74) is 1.55. The van der Waals surface area contributed by atoms with Crippen LogP contribution in [0.3, 0.4) is 0 Å². The molecule has 1 heterocycles. The van der Waals surface area contributed by atoms with Gasteiger partial charge in [0.1, 0.15) is 9.88 Å². The predicted molar refractivity (Wildman–Crippen MR) is 89.8 cm³/mol. The second kappa shape index (κ2) is 6.72. The van der Waals surface area contributed by atoms with Gasteiger partial charge < -0.3 is 5.11 Å². The second-order valence-electron chi connectivity index (χ2n) is 4.91. The van der Waals surface area contributed by atoms with Crippen LogP contribution in [0.4, 0.5) is 8.78 Å². The van der Waals surface area contributed by atoms with Crippen molar-refractivity contribution in [2.75, 3.05) is 0 Å². The minimum Gasteiger partial charge on any atom is -0.477 e. The zero-order valence-electron chi connectivity index (χ0n) is 12.2. The van der Waals surface area contributed by atoms with Crippen LogP contribution >= 0.6 is 11.3 Å². The van der Waals surface area contributed by atoms with Crippen LogP contribution in [0.15, 0.2) is 48.5 Å². The maximum atomic E-state index is 13.2. The Kier molecular flexibility index (Phi) is 4.48. The van der Waals surface area contributed by atoms with Gasteiger partial charge in [-0.1, -0.05) is 42.5 Å². The van der Waals surface area contributed by atoms with Crippen molar-refractivity contribution in [3.05, 3.63) is 75.6 Å². The van der Waals surface area contributed by atoms with E-state index in [2.05, 4.69) is 4.98 Å². The molecule has 3 rings (SSSR count). The lowest BCUT2D eigenvalue weighted by molar-refractivity contribution is 0.0702. The summed E-state index contributed by atoms with van der Waals surface area (Å²) in [5, 5.41) is 9.82. The molecule has 1 N–H and O–H groups in total. The van der Waals surface area contributed by atoms with Gasteiger partial charge >= 0.3 is 5.97 Å². The third-order valence-corrected chi connectivity index (χ3v) is 4.26. The van der Waals surface area contributed by atoms with E-state index in [1.54, 1.807) is 36.4 Å². The van der Waals surface area contributed by atoms with Crippen LogP contribution in [-0.2, 0) is 0 Å². The fourth-order valence-electron chi connectivity index (χ4n) is 2.13. The summed E-state index contributed by atoms with van der Waals surface area (Å²) in [6.45, 7) is 0. The summed E-state index contributed by atoms with van der Waals surface area (Å²) < 4.78 is 26.1. The highest BCUT2D eigenvalue weighted by molar-refractivity contribution is 7.15. The molecule has 120 valence electrons. The number of aromatic nitrogens is 1. The molecule has 0 bridgehead atoms. The smallest absolute Gasteiger partial charge is 0.348 e. The molecule has 0 fully saturated rings. The van der Waals surface area contributed by atoms with Gasteiger partial charge in [0.05, 0.1) is 5.69 Å². The molecule has 0 unspecified atom stereocenters. The van der Waals surface area contributed by atoms with Crippen molar-refractivity contribution in [2.24, 2.45) is 0 Å². The molecule has 3 nitrogen and oxygen atoms in total. The van der Waals surface area contributed by atoms with Crippen molar-refractivity contribution in [2.45, 2.75) is 0 Å². The van der Waals surface area contributed by atoms with Crippen LogP contribution in [0, 0.1) is 11.6 Å². The quantitative estimate of drug-likeness (QED) is 0.729. The molecule has 0 spiro atoms. The van der Waals surface area contributed by atoms with E-state index in [9.17, 15) is 18.7 Å². The minimum atomic E-state index is -1.06. The summed E-state index contributed by atoms with van der Waals surface area (Å²) in [7, 11) is 0. The third kappa shape index (κ3) is 3.38. The largest absolute Gasteiger partial charge is 0.477 e. The summed E-state index contributed by atoms with van der Waals surface area (Å²) >= 11 is 1.02. The lowest BCUT2D eigenvalue weighted by Gasteiger charge is -1.97. The molecular formula is C18H11F2NO2S. The molecule has 0 aliphatic rings. The number of benzene rings is 2. The zero-order valence-corrected chi connectivity index (χ0v) is 13.1. The van der Waals surface area contributed by atoms with Crippen LogP contribution in [0.5, 0.6) is 0 Å². The van der Waals surface area contributed by atoms with E-state index >= 15 is 0 Å². The Morgan fingerprint density at radius 2 is 1.79 bits per heavy atom. The third-order valence-electron chi connectivity index (χ3n) is 3.25. The van der Waals surface area contributed by atoms with Gasteiger partial charge in [0.25, 0.3) is 0 Å². The average molecular weight is 343 g/mol. The van der Waals surface area contributed by atoms with Crippen LogP contribution in [0.2, 0.25) is 0 Å². The van der Waals surface area contributed by atoms with E-state index in [4.69, 9.17) is 0 Å². The van der Waals surface area contributed by atoms with E-state index in [0.717, 1.165) is 23.5 Å². The van der Waals surface area contributed by atoms with E-state index in [1.807, 2.05) is 6.07 Å². The summed E-state index contributed by atoms with van der Waals surface area (Å²) in [5.74, 6) is -2.91. The molecule has 24 heavy (non-hydrogen) atoms. The van der Waals surface area contributed by atoms with Gasteiger partial charge in [-0.2, -0.15) is 0 Å². The van der Waals surface area contributed by atoms with E-state index < -0.39 is 17.6 Å². The molecule has 0 radical (unpaired) electrons. The second-order valence-corrected chi connectivity index (χ2v) is 5.94. The highest BCUT2D eigenvalue weighted by Gasteiger charge is 2.17. The number of nitrogens with zero attached hydrogens (tertiary/aromatic N) is 1. The maximum absolute atomic E-state index is 13.2. The first kappa shape index (κ1) is 16.0. The molecule has 6 heteroatoms. The summed E-state index contributed by atoms with van der Waals surface area (Å²) in [4.78, 5) is 15.9. The van der Waals surface area contributed by atoms with Crippen molar-refractivity contribution in [3.8, 4) is 11.3 Å². The number of hydrogen-bond acceptors (Lipinski definition) is 3. The first-order valence-electron chi connectivity index (χ1n) is 6.97. The lowest BCUT2D eigenvalue weighted by atomic mass is 10.1. The Morgan fingerprint density at radius 1 is 1.04 bits per heavy atom. The number of carboxylic acids is 1. The number of aromatic carboxylic acids is 1. The minimum absolute atomic E-state index is 0.131. The van der Waals surface area contributed by atoms with Crippen LogP contribution in [0.1, 0.15) is 20.2 Å². The SMILES string of the molecule is O=C(O)c1sc(C=Cc2ccc(F)c(F)c2)nc1-c1ccccc1.